The van der Waals surface area contributed by atoms with E-state index in [-0.39, 0.29) is 5.91 Å². The van der Waals surface area contributed by atoms with Crippen molar-refractivity contribution in [1.82, 2.24) is 14.9 Å². The van der Waals surface area contributed by atoms with Crippen LogP contribution in [0.2, 0.25) is 0 Å². The van der Waals surface area contributed by atoms with Gasteiger partial charge in [0.15, 0.2) is 5.16 Å². The number of hydrogen-bond acceptors (Lipinski definition) is 3. The topological polar surface area (TPSA) is 49.0 Å². The summed E-state index contributed by atoms with van der Waals surface area (Å²) >= 11 is 4.86. The lowest BCUT2D eigenvalue weighted by atomic mass is 10.2. The highest BCUT2D eigenvalue weighted by Gasteiger charge is 2.11. The first-order valence-corrected chi connectivity index (χ1v) is 8.63. The van der Waals surface area contributed by atoms with Gasteiger partial charge in [-0.2, -0.15) is 0 Å². The van der Waals surface area contributed by atoms with Crippen molar-refractivity contribution in [1.29, 1.82) is 0 Å². The van der Waals surface area contributed by atoms with Crippen LogP contribution in [0.15, 0.2) is 40.1 Å². The maximum Gasteiger partial charge on any atom is 0.233 e. The molecule has 0 bridgehead atoms. The summed E-state index contributed by atoms with van der Waals surface area (Å²) in [6, 6.07) is 8.03. The first-order valence-electron chi connectivity index (χ1n) is 6.85. The fraction of sp³-hybridized carbons (Fsp3) is 0.333. The maximum absolute atomic E-state index is 12.0. The van der Waals surface area contributed by atoms with E-state index in [1.54, 1.807) is 6.20 Å². The predicted molar refractivity (Wildman–Crippen MR) is 90.4 cm³/mol. The second-order valence-electron chi connectivity index (χ2n) is 4.46. The Morgan fingerprint density at radius 2 is 1.95 bits per heavy atom. The van der Waals surface area contributed by atoms with Crippen LogP contribution in [0, 0.1) is 0 Å². The Balaban J connectivity index is 1.97. The Hall–Kier alpha value is -1.27. The standard InChI is InChI=1S/C15H18BrN3OS/c1-3-19(4-2)14(20)10-21-15-17-9-13(18-15)11-5-7-12(16)8-6-11/h5-9H,3-4,10H2,1-2H3,(H,17,18). The van der Waals surface area contributed by atoms with E-state index in [0.29, 0.717) is 5.75 Å². The molecule has 0 spiro atoms. The third-order valence-electron chi connectivity index (χ3n) is 3.16. The van der Waals surface area contributed by atoms with Crippen LogP contribution in [-0.4, -0.2) is 39.6 Å². The van der Waals surface area contributed by atoms with E-state index in [4.69, 9.17) is 0 Å². The molecule has 1 aromatic carbocycles. The summed E-state index contributed by atoms with van der Waals surface area (Å²) in [4.78, 5) is 21.3. The molecular weight excluding hydrogens is 350 g/mol. The van der Waals surface area contributed by atoms with Gasteiger partial charge in [0, 0.05) is 17.6 Å². The monoisotopic (exact) mass is 367 g/mol. The number of halogens is 1. The number of amides is 1. The summed E-state index contributed by atoms with van der Waals surface area (Å²) < 4.78 is 1.05. The number of rotatable bonds is 6. The van der Waals surface area contributed by atoms with Crippen molar-refractivity contribution in [2.75, 3.05) is 18.8 Å². The van der Waals surface area contributed by atoms with Crippen molar-refractivity contribution < 1.29 is 4.79 Å². The van der Waals surface area contributed by atoms with E-state index in [1.165, 1.54) is 11.8 Å². The molecule has 21 heavy (non-hydrogen) atoms. The molecule has 0 radical (unpaired) electrons. The zero-order chi connectivity index (χ0) is 15.2. The van der Waals surface area contributed by atoms with Crippen LogP contribution in [0.25, 0.3) is 11.3 Å². The average Bonchev–Trinajstić information content (AvgIpc) is 2.96. The van der Waals surface area contributed by atoms with Crippen molar-refractivity contribution in [3.8, 4) is 11.3 Å². The van der Waals surface area contributed by atoms with Crippen molar-refractivity contribution in [3.05, 3.63) is 34.9 Å². The van der Waals surface area contributed by atoms with Gasteiger partial charge in [0.2, 0.25) is 5.91 Å². The fourth-order valence-electron chi connectivity index (χ4n) is 1.95. The number of aromatic amines is 1. The smallest absolute Gasteiger partial charge is 0.233 e. The molecule has 1 aromatic heterocycles. The van der Waals surface area contributed by atoms with Crippen molar-refractivity contribution in [3.63, 3.8) is 0 Å². The van der Waals surface area contributed by atoms with Crippen LogP contribution in [0.5, 0.6) is 0 Å². The number of imidazole rings is 1. The Morgan fingerprint density at radius 1 is 1.29 bits per heavy atom. The molecule has 0 fully saturated rings. The zero-order valence-electron chi connectivity index (χ0n) is 12.1. The summed E-state index contributed by atoms with van der Waals surface area (Å²) in [5.74, 6) is 0.557. The molecule has 0 unspecified atom stereocenters. The number of nitrogens with zero attached hydrogens (tertiary/aromatic N) is 2. The van der Waals surface area contributed by atoms with Crippen LogP contribution in [0.3, 0.4) is 0 Å². The first-order chi connectivity index (χ1) is 10.1. The molecule has 112 valence electrons. The third kappa shape index (κ3) is 4.35. The number of aromatic nitrogens is 2. The third-order valence-corrected chi connectivity index (χ3v) is 4.56. The Morgan fingerprint density at radius 3 is 2.57 bits per heavy atom. The van der Waals surface area contributed by atoms with Gasteiger partial charge >= 0.3 is 0 Å². The molecule has 0 saturated carbocycles. The SMILES string of the molecule is CCN(CC)C(=O)CSc1ncc(-c2ccc(Br)cc2)[nH]1. The second kappa shape index (κ2) is 7.66. The summed E-state index contributed by atoms with van der Waals surface area (Å²) in [6.45, 7) is 5.48. The molecule has 2 rings (SSSR count). The van der Waals surface area contributed by atoms with Crippen LogP contribution in [0.4, 0.5) is 0 Å². The largest absolute Gasteiger partial charge is 0.343 e. The van der Waals surface area contributed by atoms with E-state index in [2.05, 4.69) is 25.9 Å². The number of nitrogens with one attached hydrogen (secondary N) is 1. The highest BCUT2D eigenvalue weighted by Crippen LogP contribution is 2.23. The summed E-state index contributed by atoms with van der Waals surface area (Å²) in [7, 11) is 0. The Labute approximate surface area is 137 Å². The molecule has 2 aromatic rings. The number of carbonyl (C=O) groups excluding carboxylic acids is 1. The molecular formula is C15H18BrN3OS. The maximum atomic E-state index is 12.0. The minimum absolute atomic E-state index is 0.145. The molecule has 6 heteroatoms. The molecule has 0 aliphatic heterocycles. The zero-order valence-corrected chi connectivity index (χ0v) is 14.5. The molecule has 4 nitrogen and oxygen atoms in total. The second-order valence-corrected chi connectivity index (χ2v) is 6.34. The molecule has 0 aliphatic rings. The first kappa shape index (κ1) is 16.1. The molecule has 0 atom stereocenters. The predicted octanol–water partition coefficient (Wildman–Crippen LogP) is 3.80. The molecule has 1 heterocycles. The summed E-state index contributed by atoms with van der Waals surface area (Å²) in [5.41, 5.74) is 2.04. The molecule has 0 aliphatic carbocycles. The Bertz CT molecular complexity index is 593. The number of H-pyrrole nitrogens is 1. The van der Waals surface area contributed by atoms with Crippen LogP contribution in [-0.2, 0) is 4.79 Å². The summed E-state index contributed by atoms with van der Waals surface area (Å²) in [5, 5.41) is 0.772. The van der Waals surface area contributed by atoms with Gasteiger partial charge in [-0.3, -0.25) is 4.79 Å². The molecule has 1 amide bonds. The van der Waals surface area contributed by atoms with E-state index in [0.717, 1.165) is 34.0 Å². The highest BCUT2D eigenvalue weighted by molar-refractivity contribution is 9.10. The van der Waals surface area contributed by atoms with Gasteiger partial charge in [-0.05, 0) is 31.5 Å². The van der Waals surface area contributed by atoms with Crippen LogP contribution >= 0.6 is 27.7 Å². The normalized spacial score (nSPS) is 10.6. The number of thioether (sulfide) groups is 1. The number of hydrogen-bond donors (Lipinski definition) is 1. The lowest BCUT2D eigenvalue weighted by molar-refractivity contribution is -0.127. The molecule has 0 saturated heterocycles. The fourth-order valence-corrected chi connectivity index (χ4v) is 2.97. The van der Waals surface area contributed by atoms with Gasteiger partial charge < -0.3 is 9.88 Å². The quantitative estimate of drug-likeness (QED) is 0.789. The van der Waals surface area contributed by atoms with Gasteiger partial charge in [0.1, 0.15) is 0 Å². The van der Waals surface area contributed by atoms with Crippen molar-refractivity contribution >= 4 is 33.6 Å². The van der Waals surface area contributed by atoms with E-state index in [9.17, 15) is 4.79 Å². The highest BCUT2D eigenvalue weighted by atomic mass is 79.9. The van der Waals surface area contributed by atoms with Gasteiger partial charge in [-0.15, -0.1) is 0 Å². The minimum atomic E-state index is 0.145. The van der Waals surface area contributed by atoms with Gasteiger partial charge in [-0.1, -0.05) is 39.8 Å². The van der Waals surface area contributed by atoms with E-state index in [1.807, 2.05) is 43.0 Å². The molecule has 1 N–H and O–H groups in total. The van der Waals surface area contributed by atoms with Gasteiger partial charge in [-0.25, -0.2) is 4.98 Å². The van der Waals surface area contributed by atoms with Crippen LogP contribution < -0.4 is 0 Å². The van der Waals surface area contributed by atoms with Gasteiger partial charge in [0.25, 0.3) is 0 Å². The average molecular weight is 368 g/mol. The number of benzene rings is 1. The van der Waals surface area contributed by atoms with Crippen LogP contribution in [0.1, 0.15) is 13.8 Å². The van der Waals surface area contributed by atoms with E-state index >= 15 is 0 Å². The van der Waals surface area contributed by atoms with Crippen molar-refractivity contribution in [2.45, 2.75) is 19.0 Å². The minimum Gasteiger partial charge on any atom is -0.343 e. The van der Waals surface area contributed by atoms with Gasteiger partial charge in [0.05, 0.1) is 17.6 Å². The van der Waals surface area contributed by atoms with E-state index < -0.39 is 0 Å². The lowest BCUT2D eigenvalue weighted by Crippen LogP contribution is -2.31. The number of carbonyl (C=O) groups is 1. The Kier molecular flexibility index (Phi) is 5.87. The summed E-state index contributed by atoms with van der Waals surface area (Å²) in [6.07, 6.45) is 1.80. The van der Waals surface area contributed by atoms with Crippen molar-refractivity contribution in [2.24, 2.45) is 0 Å². The lowest BCUT2D eigenvalue weighted by Gasteiger charge is -2.17.